The highest BCUT2D eigenvalue weighted by atomic mass is 16.4. The number of benzene rings is 1. The summed E-state index contributed by atoms with van der Waals surface area (Å²) < 4.78 is 5.27. The van der Waals surface area contributed by atoms with Crippen molar-refractivity contribution in [3.8, 4) is 5.75 Å². The Morgan fingerprint density at radius 2 is 1.80 bits per heavy atom. The van der Waals surface area contributed by atoms with Crippen molar-refractivity contribution in [2.45, 2.75) is 52.6 Å². The molecule has 0 radical (unpaired) electrons. The molecule has 0 unspecified atom stereocenters. The Kier molecular flexibility index (Phi) is 5.85. The van der Waals surface area contributed by atoms with Crippen LogP contribution in [0.1, 0.15) is 60.6 Å². The zero-order chi connectivity index (χ0) is 18.7. The van der Waals surface area contributed by atoms with Gasteiger partial charge in [0.15, 0.2) is 0 Å². The van der Waals surface area contributed by atoms with Gasteiger partial charge in [0.25, 0.3) is 0 Å². The fourth-order valence-corrected chi connectivity index (χ4v) is 3.00. The molecule has 25 heavy (non-hydrogen) atoms. The standard InChI is InChI=1S/C21H26O4/c1-6-7-16-10-12(2)8-9-17(16)13(3)20(23)15(5)19-11-18(22)14(4)21(24)25-19/h6-11,13,15,20,22-23H,1-5H3/b7-6-/t13-,15+,20+/m0/s1. The number of aromatic hydroxyl groups is 1. The molecule has 2 N–H and O–H groups in total. The maximum Gasteiger partial charge on any atom is 0.342 e. The van der Waals surface area contributed by atoms with E-state index < -0.39 is 17.6 Å². The van der Waals surface area contributed by atoms with Crippen molar-refractivity contribution in [2.75, 3.05) is 0 Å². The van der Waals surface area contributed by atoms with E-state index in [2.05, 4.69) is 6.07 Å². The van der Waals surface area contributed by atoms with E-state index in [1.165, 1.54) is 13.0 Å². The molecule has 0 aliphatic heterocycles. The molecule has 0 fully saturated rings. The zero-order valence-electron chi connectivity index (χ0n) is 15.4. The van der Waals surface area contributed by atoms with E-state index in [1.54, 1.807) is 6.92 Å². The quantitative estimate of drug-likeness (QED) is 0.851. The lowest BCUT2D eigenvalue weighted by molar-refractivity contribution is 0.114. The van der Waals surface area contributed by atoms with Crippen LogP contribution in [0.2, 0.25) is 0 Å². The first kappa shape index (κ1) is 19.0. The second-order valence-corrected chi connectivity index (χ2v) is 6.65. The molecule has 0 spiro atoms. The fourth-order valence-electron chi connectivity index (χ4n) is 3.00. The van der Waals surface area contributed by atoms with Crippen LogP contribution in [0.25, 0.3) is 6.08 Å². The molecule has 1 heterocycles. The molecule has 0 saturated carbocycles. The maximum atomic E-state index is 11.8. The number of hydrogen-bond acceptors (Lipinski definition) is 4. The van der Waals surface area contributed by atoms with Gasteiger partial charge < -0.3 is 14.6 Å². The van der Waals surface area contributed by atoms with Gasteiger partial charge in [0, 0.05) is 17.9 Å². The van der Waals surface area contributed by atoms with Gasteiger partial charge in [-0.1, -0.05) is 49.8 Å². The average Bonchev–Trinajstić information content (AvgIpc) is 2.57. The van der Waals surface area contributed by atoms with E-state index in [-0.39, 0.29) is 23.0 Å². The summed E-state index contributed by atoms with van der Waals surface area (Å²) in [5, 5.41) is 20.7. The van der Waals surface area contributed by atoms with Gasteiger partial charge in [-0.2, -0.15) is 0 Å². The van der Waals surface area contributed by atoms with Gasteiger partial charge in [0.1, 0.15) is 11.5 Å². The molecule has 0 amide bonds. The SMILES string of the molecule is C/C=C\c1cc(C)ccc1[C@H](C)[C@@H](O)[C@H](C)c1cc(O)c(C)c(=O)o1. The topological polar surface area (TPSA) is 70.7 Å². The van der Waals surface area contributed by atoms with E-state index in [4.69, 9.17) is 4.42 Å². The van der Waals surface area contributed by atoms with Gasteiger partial charge in [-0.3, -0.25) is 0 Å². The summed E-state index contributed by atoms with van der Waals surface area (Å²) in [6.45, 7) is 9.23. The molecule has 0 saturated heterocycles. The van der Waals surface area contributed by atoms with Crippen LogP contribution >= 0.6 is 0 Å². The maximum absolute atomic E-state index is 11.8. The monoisotopic (exact) mass is 342 g/mol. The van der Waals surface area contributed by atoms with Crippen LogP contribution in [-0.2, 0) is 0 Å². The summed E-state index contributed by atoms with van der Waals surface area (Å²) in [4.78, 5) is 11.8. The lowest BCUT2D eigenvalue weighted by atomic mass is 9.84. The number of aliphatic hydroxyl groups excluding tert-OH is 1. The first-order valence-electron chi connectivity index (χ1n) is 8.51. The molecule has 4 nitrogen and oxygen atoms in total. The van der Waals surface area contributed by atoms with Gasteiger partial charge in [-0.05, 0) is 31.9 Å². The van der Waals surface area contributed by atoms with Crippen LogP contribution < -0.4 is 5.63 Å². The van der Waals surface area contributed by atoms with Crippen LogP contribution in [-0.4, -0.2) is 16.3 Å². The van der Waals surface area contributed by atoms with E-state index in [0.29, 0.717) is 0 Å². The van der Waals surface area contributed by atoms with E-state index in [1.807, 2.05) is 45.1 Å². The molecular formula is C21H26O4. The minimum Gasteiger partial charge on any atom is -0.507 e. The Labute approximate surface area is 148 Å². The van der Waals surface area contributed by atoms with Gasteiger partial charge in [0.2, 0.25) is 0 Å². The molecule has 3 atom stereocenters. The Morgan fingerprint density at radius 3 is 2.40 bits per heavy atom. The third-order valence-corrected chi connectivity index (χ3v) is 4.73. The Morgan fingerprint density at radius 1 is 1.12 bits per heavy atom. The number of allylic oxidation sites excluding steroid dienone is 1. The van der Waals surface area contributed by atoms with Gasteiger partial charge in [0.05, 0.1) is 11.7 Å². The summed E-state index contributed by atoms with van der Waals surface area (Å²) in [6, 6.07) is 7.54. The molecule has 2 aromatic rings. The van der Waals surface area contributed by atoms with Gasteiger partial charge in [-0.25, -0.2) is 4.79 Å². The molecule has 0 aliphatic carbocycles. The average molecular weight is 342 g/mol. The van der Waals surface area contributed by atoms with E-state index >= 15 is 0 Å². The number of rotatable bonds is 5. The molecule has 1 aromatic heterocycles. The minimum atomic E-state index is -0.767. The van der Waals surface area contributed by atoms with Crippen molar-refractivity contribution in [3.05, 3.63) is 68.8 Å². The van der Waals surface area contributed by atoms with E-state index in [9.17, 15) is 15.0 Å². The molecule has 0 aliphatic rings. The van der Waals surface area contributed by atoms with E-state index in [0.717, 1.165) is 16.7 Å². The predicted molar refractivity (Wildman–Crippen MR) is 100 cm³/mol. The van der Waals surface area contributed by atoms with Crippen molar-refractivity contribution in [2.24, 2.45) is 0 Å². The number of hydrogen-bond donors (Lipinski definition) is 2. The second-order valence-electron chi connectivity index (χ2n) is 6.65. The van der Waals surface area contributed by atoms with Crippen LogP contribution in [0.5, 0.6) is 5.75 Å². The summed E-state index contributed by atoms with van der Waals surface area (Å²) >= 11 is 0. The number of aryl methyl sites for hydroxylation is 1. The first-order valence-corrected chi connectivity index (χ1v) is 8.51. The Balaban J connectivity index is 2.37. The predicted octanol–water partition coefficient (Wildman–Crippen LogP) is 4.26. The summed E-state index contributed by atoms with van der Waals surface area (Å²) in [5.74, 6) is -0.431. The highest BCUT2D eigenvalue weighted by molar-refractivity contribution is 5.56. The summed E-state index contributed by atoms with van der Waals surface area (Å²) in [6.07, 6.45) is 3.23. The Hall–Kier alpha value is -2.33. The van der Waals surface area contributed by atoms with Gasteiger partial charge >= 0.3 is 5.63 Å². The molecule has 134 valence electrons. The smallest absolute Gasteiger partial charge is 0.342 e. The highest BCUT2D eigenvalue weighted by Gasteiger charge is 2.27. The molecule has 0 bridgehead atoms. The Bertz CT molecular complexity index is 832. The highest BCUT2D eigenvalue weighted by Crippen LogP contribution is 2.33. The third-order valence-electron chi connectivity index (χ3n) is 4.73. The van der Waals surface area contributed by atoms with Crippen LogP contribution in [0.15, 0.2) is 39.6 Å². The van der Waals surface area contributed by atoms with Crippen LogP contribution in [0, 0.1) is 13.8 Å². The van der Waals surface area contributed by atoms with Crippen molar-refractivity contribution in [3.63, 3.8) is 0 Å². The second kappa shape index (κ2) is 7.70. The molecular weight excluding hydrogens is 316 g/mol. The van der Waals surface area contributed by atoms with Crippen LogP contribution in [0.3, 0.4) is 0 Å². The summed E-state index contributed by atoms with van der Waals surface area (Å²) in [7, 11) is 0. The summed E-state index contributed by atoms with van der Waals surface area (Å²) in [5.41, 5.74) is 2.84. The fraction of sp³-hybridized carbons (Fsp3) is 0.381. The van der Waals surface area contributed by atoms with Crippen LogP contribution in [0.4, 0.5) is 0 Å². The lowest BCUT2D eigenvalue weighted by Gasteiger charge is -2.26. The van der Waals surface area contributed by atoms with Crippen molar-refractivity contribution < 1.29 is 14.6 Å². The third kappa shape index (κ3) is 4.02. The lowest BCUT2D eigenvalue weighted by Crippen LogP contribution is -2.24. The van der Waals surface area contributed by atoms with Crippen molar-refractivity contribution in [1.29, 1.82) is 0 Å². The number of aliphatic hydroxyl groups is 1. The van der Waals surface area contributed by atoms with Gasteiger partial charge in [-0.15, -0.1) is 0 Å². The molecule has 2 rings (SSSR count). The normalized spacial score (nSPS) is 15.3. The largest absolute Gasteiger partial charge is 0.507 e. The minimum absolute atomic E-state index is 0.108. The van der Waals surface area contributed by atoms with Crippen molar-refractivity contribution >= 4 is 6.08 Å². The molecule has 1 aromatic carbocycles. The first-order chi connectivity index (χ1) is 11.8. The zero-order valence-corrected chi connectivity index (χ0v) is 15.4. The van der Waals surface area contributed by atoms with Crippen molar-refractivity contribution in [1.82, 2.24) is 0 Å². The molecule has 4 heteroatoms.